The molecular weight excluding hydrogens is 374 g/mol. The average molecular weight is 398 g/mol. The van der Waals surface area contributed by atoms with Crippen molar-refractivity contribution in [2.75, 3.05) is 6.54 Å². The summed E-state index contributed by atoms with van der Waals surface area (Å²) in [6.45, 7) is 0.735. The molecule has 1 aliphatic carbocycles. The molecule has 6 heteroatoms. The van der Waals surface area contributed by atoms with Gasteiger partial charge in [-0.3, -0.25) is 4.79 Å². The van der Waals surface area contributed by atoms with Gasteiger partial charge in [0.2, 0.25) is 5.91 Å². The van der Waals surface area contributed by atoms with Crippen LogP contribution in [0.25, 0.3) is 0 Å². The Hall–Kier alpha value is -2.76. The van der Waals surface area contributed by atoms with Gasteiger partial charge in [-0.2, -0.15) is 0 Å². The van der Waals surface area contributed by atoms with Crippen LogP contribution in [0.4, 0.5) is 8.78 Å². The molecule has 2 aliphatic rings. The normalized spacial score (nSPS) is 19.1. The summed E-state index contributed by atoms with van der Waals surface area (Å²) in [6, 6.07) is 12.5. The summed E-state index contributed by atoms with van der Waals surface area (Å²) < 4.78 is 26.8. The third kappa shape index (κ3) is 4.81. The van der Waals surface area contributed by atoms with Gasteiger partial charge in [-0.15, -0.1) is 0 Å². The fraction of sp³-hybridized carbons (Fsp3) is 0.391. The first kappa shape index (κ1) is 19.6. The van der Waals surface area contributed by atoms with Crippen molar-refractivity contribution in [2.45, 2.75) is 44.8 Å². The van der Waals surface area contributed by atoms with Crippen LogP contribution in [0.15, 0.2) is 53.7 Å². The van der Waals surface area contributed by atoms with Crippen molar-refractivity contribution in [3.8, 4) is 0 Å². The number of carbonyl (C=O) groups is 1. The summed E-state index contributed by atoms with van der Waals surface area (Å²) in [4.78, 5) is 20.5. The van der Waals surface area contributed by atoms with E-state index in [4.69, 9.17) is 4.84 Å². The molecule has 0 unspecified atom stereocenters. The third-order valence-corrected chi connectivity index (χ3v) is 5.61. The second-order valence-electron chi connectivity index (χ2n) is 7.81. The van der Waals surface area contributed by atoms with Gasteiger partial charge in [0, 0.05) is 18.9 Å². The van der Waals surface area contributed by atoms with Gasteiger partial charge in [0.15, 0.2) is 6.10 Å². The Labute approximate surface area is 169 Å². The number of hydrogen-bond acceptors (Lipinski definition) is 3. The number of rotatable bonds is 6. The Kier molecular flexibility index (Phi) is 5.88. The van der Waals surface area contributed by atoms with Crippen LogP contribution in [0, 0.1) is 17.6 Å². The van der Waals surface area contributed by atoms with E-state index >= 15 is 0 Å². The molecule has 1 atom stereocenters. The Balaban J connectivity index is 1.45. The molecule has 4 rings (SSSR count). The van der Waals surface area contributed by atoms with Crippen LogP contribution in [0.3, 0.4) is 0 Å². The fourth-order valence-corrected chi connectivity index (χ4v) is 4.10. The van der Waals surface area contributed by atoms with E-state index < -0.39 is 0 Å². The van der Waals surface area contributed by atoms with E-state index in [9.17, 15) is 13.6 Å². The molecule has 29 heavy (non-hydrogen) atoms. The Morgan fingerprint density at radius 1 is 1.07 bits per heavy atom. The number of nitrogens with zero attached hydrogens (tertiary/aromatic N) is 2. The molecular formula is C23H24F2N2O2. The molecule has 1 aliphatic heterocycles. The number of halogens is 2. The standard InChI is InChI=1S/C23H24F2N2O2/c24-19-10-8-17(9-11-19)22-13-21(29-26-22)15-27(23(28)18-5-1-2-6-18)14-16-4-3-7-20(25)12-16/h3-4,7-12,18,21H,1-2,5-6,13-15H2/t21-/m0/s1. The zero-order chi connectivity index (χ0) is 20.2. The minimum absolute atomic E-state index is 0.0300. The van der Waals surface area contributed by atoms with Crippen molar-refractivity contribution in [3.63, 3.8) is 0 Å². The monoisotopic (exact) mass is 398 g/mol. The number of benzene rings is 2. The first-order chi connectivity index (χ1) is 14.1. The van der Waals surface area contributed by atoms with Crippen LogP contribution >= 0.6 is 0 Å². The number of amides is 1. The summed E-state index contributed by atoms with van der Waals surface area (Å²) in [5, 5.41) is 4.14. The fourth-order valence-electron chi connectivity index (χ4n) is 4.10. The number of hydrogen-bond donors (Lipinski definition) is 0. The van der Waals surface area contributed by atoms with Crippen molar-refractivity contribution in [1.29, 1.82) is 0 Å². The van der Waals surface area contributed by atoms with Gasteiger partial charge in [0.25, 0.3) is 0 Å². The minimum atomic E-state index is -0.310. The highest BCUT2D eigenvalue weighted by molar-refractivity contribution is 6.01. The number of oxime groups is 1. The molecule has 1 amide bonds. The van der Waals surface area contributed by atoms with Gasteiger partial charge in [-0.05, 0) is 48.2 Å². The quantitative estimate of drug-likeness (QED) is 0.709. The molecule has 0 aromatic heterocycles. The van der Waals surface area contributed by atoms with Gasteiger partial charge in [-0.25, -0.2) is 8.78 Å². The predicted octanol–water partition coefficient (Wildman–Crippen LogP) is 4.68. The highest BCUT2D eigenvalue weighted by atomic mass is 19.1. The number of carbonyl (C=O) groups excluding carboxylic acids is 1. The van der Waals surface area contributed by atoms with E-state index in [1.54, 1.807) is 23.1 Å². The van der Waals surface area contributed by atoms with E-state index in [1.165, 1.54) is 24.3 Å². The molecule has 0 N–H and O–H groups in total. The average Bonchev–Trinajstić information content (AvgIpc) is 3.40. The minimum Gasteiger partial charge on any atom is -0.390 e. The zero-order valence-electron chi connectivity index (χ0n) is 16.2. The summed E-state index contributed by atoms with van der Waals surface area (Å²) >= 11 is 0. The van der Waals surface area contributed by atoms with Gasteiger partial charge in [0.1, 0.15) is 11.6 Å². The Bertz CT molecular complexity index is 892. The lowest BCUT2D eigenvalue weighted by Crippen LogP contribution is -2.40. The smallest absolute Gasteiger partial charge is 0.226 e. The van der Waals surface area contributed by atoms with Crippen LogP contribution in [0.5, 0.6) is 0 Å². The van der Waals surface area contributed by atoms with Crippen LogP contribution in [-0.2, 0) is 16.2 Å². The maximum Gasteiger partial charge on any atom is 0.226 e. The van der Waals surface area contributed by atoms with Crippen molar-refractivity contribution in [3.05, 3.63) is 71.3 Å². The van der Waals surface area contributed by atoms with E-state index in [-0.39, 0.29) is 29.6 Å². The first-order valence-corrected chi connectivity index (χ1v) is 10.1. The lowest BCUT2D eigenvalue weighted by molar-refractivity contribution is -0.137. The van der Waals surface area contributed by atoms with E-state index in [0.29, 0.717) is 19.5 Å². The molecule has 0 radical (unpaired) electrons. The predicted molar refractivity (Wildman–Crippen MR) is 106 cm³/mol. The molecule has 0 bridgehead atoms. The molecule has 2 aromatic rings. The summed E-state index contributed by atoms with van der Waals surface area (Å²) in [7, 11) is 0. The van der Waals surface area contributed by atoms with Gasteiger partial charge in [0.05, 0.1) is 12.3 Å². The second kappa shape index (κ2) is 8.72. The molecule has 1 fully saturated rings. The van der Waals surface area contributed by atoms with Crippen LogP contribution in [-0.4, -0.2) is 29.2 Å². The zero-order valence-corrected chi connectivity index (χ0v) is 16.2. The van der Waals surface area contributed by atoms with Crippen LogP contribution < -0.4 is 0 Å². The van der Waals surface area contributed by atoms with E-state index in [0.717, 1.165) is 42.5 Å². The summed E-state index contributed by atoms with van der Waals surface area (Å²) in [6.07, 6.45) is 4.23. The highest BCUT2D eigenvalue weighted by Gasteiger charge is 2.31. The van der Waals surface area contributed by atoms with Gasteiger partial charge in [-0.1, -0.05) is 42.3 Å². The third-order valence-electron chi connectivity index (χ3n) is 5.61. The second-order valence-corrected chi connectivity index (χ2v) is 7.81. The van der Waals surface area contributed by atoms with Crippen molar-refractivity contribution in [2.24, 2.45) is 11.1 Å². The lowest BCUT2D eigenvalue weighted by Gasteiger charge is -2.27. The molecule has 0 saturated heterocycles. The van der Waals surface area contributed by atoms with Crippen LogP contribution in [0.1, 0.15) is 43.2 Å². The summed E-state index contributed by atoms with van der Waals surface area (Å²) in [5.41, 5.74) is 2.32. The molecule has 2 aromatic carbocycles. The molecule has 1 heterocycles. The molecule has 0 spiro atoms. The van der Waals surface area contributed by atoms with E-state index in [2.05, 4.69) is 5.16 Å². The maximum absolute atomic E-state index is 13.6. The Morgan fingerprint density at radius 2 is 1.83 bits per heavy atom. The van der Waals surface area contributed by atoms with Crippen molar-refractivity contribution < 1.29 is 18.4 Å². The molecule has 152 valence electrons. The topological polar surface area (TPSA) is 41.9 Å². The lowest BCUT2D eigenvalue weighted by atomic mass is 10.0. The van der Waals surface area contributed by atoms with Gasteiger partial charge < -0.3 is 9.74 Å². The molecule has 1 saturated carbocycles. The van der Waals surface area contributed by atoms with Crippen LogP contribution in [0.2, 0.25) is 0 Å². The maximum atomic E-state index is 13.6. The highest BCUT2D eigenvalue weighted by Crippen LogP contribution is 2.28. The molecule has 4 nitrogen and oxygen atoms in total. The van der Waals surface area contributed by atoms with E-state index in [1.807, 2.05) is 6.07 Å². The van der Waals surface area contributed by atoms with Crippen molar-refractivity contribution >= 4 is 11.6 Å². The van der Waals surface area contributed by atoms with Crippen molar-refractivity contribution in [1.82, 2.24) is 4.90 Å². The van der Waals surface area contributed by atoms with Gasteiger partial charge >= 0.3 is 0 Å². The largest absolute Gasteiger partial charge is 0.390 e. The summed E-state index contributed by atoms with van der Waals surface area (Å²) in [5.74, 6) is -0.476. The SMILES string of the molecule is O=C(C1CCCC1)N(Cc1cccc(F)c1)C[C@@H]1CC(c2ccc(F)cc2)=NO1. The Morgan fingerprint density at radius 3 is 2.55 bits per heavy atom. The first-order valence-electron chi connectivity index (χ1n) is 10.1.